The van der Waals surface area contributed by atoms with Gasteiger partial charge < -0.3 is 5.73 Å². The molecule has 1 aromatic rings. The Balaban J connectivity index is 2.54. The maximum atomic E-state index is 11.8. The molecule has 4 N–H and O–H groups in total. The molecule has 0 saturated heterocycles. The topological polar surface area (TPSA) is 118 Å². The van der Waals surface area contributed by atoms with Gasteiger partial charge in [-0.1, -0.05) is 18.2 Å². The summed E-state index contributed by atoms with van der Waals surface area (Å²) in [5, 5.41) is 0. The molecule has 0 atom stereocenters. The average Bonchev–Trinajstić information content (AvgIpc) is 2.37. The van der Waals surface area contributed by atoms with E-state index in [1.807, 2.05) is 0 Å². The highest BCUT2D eigenvalue weighted by Crippen LogP contribution is 2.06. The van der Waals surface area contributed by atoms with Crippen LogP contribution in [0.25, 0.3) is 0 Å². The molecule has 0 saturated carbocycles. The average molecular weight is 307 g/mol. The molecule has 0 aliphatic rings. The fraction of sp³-hybridized carbons (Fsp3) is 0.400. The van der Waals surface area contributed by atoms with Gasteiger partial charge in [0.2, 0.25) is 20.0 Å². The van der Waals surface area contributed by atoms with Crippen LogP contribution >= 0.6 is 0 Å². The van der Waals surface area contributed by atoms with Crippen molar-refractivity contribution in [3.05, 3.63) is 30.3 Å². The van der Waals surface area contributed by atoms with Crippen molar-refractivity contribution in [2.75, 3.05) is 25.4 Å². The predicted molar refractivity (Wildman–Crippen MR) is 72.5 cm³/mol. The van der Waals surface area contributed by atoms with E-state index in [1.165, 1.54) is 12.1 Å². The Kier molecular flexibility index (Phi) is 5.88. The second-order valence-electron chi connectivity index (χ2n) is 3.71. The van der Waals surface area contributed by atoms with E-state index in [0.717, 1.165) is 0 Å². The van der Waals surface area contributed by atoms with Crippen molar-refractivity contribution < 1.29 is 16.8 Å². The summed E-state index contributed by atoms with van der Waals surface area (Å²) >= 11 is 0. The van der Waals surface area contributed by atoms with Crippen LogP contribution in [-0.2, 0) is 20.0 Å². The fourth-order valence-electron chi connectivity index (χ4n) is 1.28. The predicted octanol–water partition coefficient (Wildman–Crippen LogP) is -1.16. The summed E-state index contributed by atoms with van der Waals surface area (Å²) in [7, 11) is -7.18. The van der Waals surface area contributed by atoms with Gasteiger partial charge in [-0.3, -0.25) is 0 Å². The van der Waals surface area contributed by atoms with E-state index >= 15 is 0 Å². The summed E-state index contributed by atoms with van der Waals surface area (Å²) in [6.07, 6.45) is 0. The van der Waals surface area contributed by atoms with Crippen LogP contribution in [0.5, 0.6) is 0 Å². The highest BCUT2D eigenvalue weighted by atomic mass is 32.2. The largest absolute Gasteiger partial charge is 0.329 e. The zero-order valence-electron chi connectivity index (χ0n) is 10.2. The number of hydrogen-bond acceptors (Lipinski definition) is 5. The Morgan fingerprint density at radius 1 is 0.947 bits per heavy atom. The molecule has 0 spiro atoms. The zero-order valence-corrected chi connectivity index (χ0v) is 11.9. The van der Waals surface area contributed by atoms with Gasteiger partial charge in [-0.25, -0.2) is 26.3 Å². The second kappa shape index (κ2) is 6.96. The van der Waals surface area contributed by atoms with Crippen LogP contribution in [0.4, 0.5) is 0 Å². The summed E-state index contributed by atoms with van der Waals surface area (Å²) < 4.78 is 50.9. The van der Waals surface area contributed by atoms with Crippen LogP contribution in [0.15, 0.2) is 35.2 Å². The SMILES string of the molecule is NCCNS(=O)(=O)CCNS(=O)(=O)c1ccccc1. The molecule has 19 heavy (non-hydrogen) atoms. The Bertz CT molecular complexity index is 584. The summed E-state index contributed by atoms with van der Waals surface area (Å²) in [5.74, 6) is -0.334. The van der Waals surface area contributed by atoms with Gasteiger partial charge in [-0.2, -0.15) is 0 Å². The summed E-state index contributed by atoms with van der Waals surface area (Å²) in [6.45, 7) is 0.125. The first-order valence-electron chi connectivity index (χ1n) is 5.59. The molecule has 0 radical (unpaired) electrons. The molecule has 1 rings (SSSR count). The Hall–Kier alpha value is -1.00. The van der Waals surface area contributed by atoms with Crippen LogP contribution < -0.4 is 15.2 Å². The van der Waals surface area contributed by atoms with Gasteiger partial charge in [0, 0.05) is 19.6 Å². The van der Waals surface area contributed by atoms with E-state index in [-0.39, 0.29) is 30.3 Å². The van der Waals surface area contributed by atoms with Crippen LogP contribution in [-0.4, -0.2) is 42.2 Å². The molecular formula is C10H17N3O4S2. The summed E-state index contributed by atoms with van der Waals surface area (Å²) in [4.78, 5) is 0.0994. The van der Waals surface area contributed by atoms with Gasteiger partial charge >= 0.3 is 0 Å². The third kappa shape index (κ3) is 5.66. The lowest BCUT2D eigenvalue weighted by molar-refractivity contribution is 0.575. The van der Waals surface area contributed by atoms with E-state index in [2.05, 4.69) is 9.44 Å². The van der Waals surface area contributed by atoms with Crippen LogP contribution in [0.2, 0.25) is 0 Å². The van der Waals surface area contributed by atoms with E-state index in [9.17, 15) is 16.8 Å². The van der Waals surface area contributed by atoms with Crippen LogP contribution in [0, 0.1) is 0 Å². The van der Waals surface area contributed by atoms with Gasteiger partial charge in [0.15, 0.2) is 0 Å². The number of sulfonamides is 2. The van der Waals surface area contributed by atoms with Crippen molar-refractivity contribution >= 4 is 20.0 Å². The molecule has 7 nitrogen and oxygen atoms in total. The van der Waals surface area contributed by atoms with Gasteiger partial charge in [-0.15, -0.1) is 0 Å². The first-order valence-corrected chi connectivity index (χ1v) is 8.73. The summed E-state index contributed by atoms with van der Waals surface area (Å²) in [6, 6.07) is 7.75. The number of benzene rings is 1. The third-order valence-corrected chi connectivity index (χ3v) is 5.05. The van der Waals surface area contributed by atoms with Crippen molar-refractivity contribution in [2.24, 2.45) is 5.73 Å². The van der Waals surface area contributed by atoms with Crippen LogP contribution in [0.1, 0.15) is 0 Å². The van der Waals surface area contributed by atoms with E-state index < -0.39 is 20.0 Å². The second-order valence-corrected chi connectivity index (χ2v) is 7.41. The van der Waals surface area contributed by atoms with Crippen molar-refractivity contribution in [3.63, 3.8) is 0 Å². The maximum Gasteiger partial charge on any atom is 0.240 e. The quantitative estimate of drug-likeness (QED) is 0.560. The molecule has 9 heteroatoms. The number of nitrogens with one attached hydrogen (secondary N) is 2. The first kappa shape index (κ1) is 16.1. The molecule has 0 unspecified atom stereocenters. The van der Waals surface area contributed by atoms with E-state index in [4.69, 9.17) is 5.73 Å². The minimum absolute atomic E-state index is 0.0994. The van der Waals surface area contributed by atoms with Crippen molar-refractivity contribution in [1.82, 2.24) is 9.44 Å². The lowest BCUT2D eigenvalue weighted by Crippen LogP contribution is -2.36. The van der Waals surface area contributed by atoms with Gasteiger partial charge in [0.25, 0.3) is 0 Å². The standard InChI is InChI=1S/C10H17N3O4S2/c11-6-7-12-18(14,15)9-8-13-19(16,17)10-4-2-1-3-5-10/h1-5,12-13H,6-9,11H2. The smallest absolute Gasteiger partial charge is 0.240 e. The first-order chi connectivity index (χ1) is 8.87. The van der Waals surface area contributed by atoms with Crippen molar-refractivity contribution in [3.8, 4) is 0 Å². The number of rotatable bonds is 8. The monoisotopic (exact) mass is 307 g/mol. The van der Waals surface area contributed by atoms with Crippen LogP contribution in [0.3, 0.4) is 0 Å². The third-order valence-electron chi connectivity index (χ3n) is 2.18. The lowest BCUT2D eigenvalue weighted by Gasteiger charge is -2.08. The number of hydrogen-bond donors (Lipinski definition) is 3. The molecule has 1 aromatic carbocycles. The fourth-order valence-corrected chi connectivity index (χ4v) is 3.41. The van der Waals surface area contributed by atoms with E-state index in [0.29, 0.717) is 0 Å². The maximum absolute atomic E-state index is 11.8. The molecule has 0 bridgehead atoms. The lowest BCUT2D eigenvalue weighted by atomic mass is 10.4. The minimum Gasteiger partial charge on any atom is -0.329 e. The molecular weight excluding hydrogens is 290 g/mol. The Morgan fingerprint density at radius 2 is 1.58 bits per heavy atom. The van der Waals surface area contributed by atoms with E-state index in [1.54, 1.807) is 18.2 Å². The van der Waals surface area contributed by atoms with Gasteiger partial charge in [0.1, 0.15) is 0 Å². The van der Waals surface area contributed by atoms with Crippen molar-refractivity contribution in [2.45, 2.75) is 4.90 Å². The molecule has 0 heterocycles. The summed E-state index contributed by atoms with van der Waals surface area (Å²) in [5.41, 5.74) is 5.17. The molecule has 0 amide bonds. The minimum atomic E-state index is -3.67. The molecule has 0 aliphatic carbocycles. The Morgan fingerprint density at radius 3 is 2.16 bits per heavy atom. The normalized spacial score (nSPS) is 12.5. The van der Waals surface area contributed by atoms with Gasteiger partial charge in [0.05, 0.1) is 10.6 Å². The molecule has 0 fully saturated rings. The van der Waals surface area contributed by atoms with Gasteiger partial charge in [-0.05, 0) is 12.1 Å². The highest BCUT2D eigenvalue weighted by Gasteiger charge is 2.15. The van der Waals surface area contributed by atoms with Crippen molar-refractivity contribution in [1.29, 1.82) is 0 Å². The number of nitrogens with two attached hydrogens (primary N) is 1. The molecule has 108 valence electrons. The molecule has 0 aromatic heterocycles. The Labute approximate surface area is 113 Å². The highest BCUT2D eigenvalue weighted by molar-refractivity contribution is 7.90. The molecule has 0 aliphatic heterocycles. The zero-order chi connectivity index (χ0) is 14.4.